The van der Waals surface area contributed by atoms with Crippen molar-refractivity contribution >= 4 is 11.7 Å². The highest BCUT2D eigenvalue weighted by atomic mass is 19.1. The minimum atomic E-state index is -0.362. The van der Waals surface area contributed by atoms with Gasteiger partial charge in [-0.3, -0.25) is 14.5 Å². The molecule has 1 amide bonds. The molecule has 5 rings (SSSR count). The number of Topliss-reactive ketones (excluding diaryl/α,β-unsaturated/α-hetero) is 1. The molecule has 2 atom stereocenters. The number of rotatable bonds is 4. The highest BCUT2D eigenvalue weighted by Crippen LogP contribution is 2.33. The average molecular weight is 468 g/mol. The van der Waals surface area contributed by atoms with E-state index in [1.165, 1.54) is 11.0 Å². The monoisotopic (exact) mass is 467 g/mol. The summed E-state index contributed by atoms with van der Waals surface area (Å²) in [5, 5.41) is 11.0. The van der Waals surface area contributed by atoms with E-state index in [0.717, 1.165) is 5.56 Å². The smallest absolute Gasteiger partial charge is 0.227 e. The molecule has 0 N–H and O–H groups in total. The van der Waals surface area contributed by atoms with E-state index in [0.29, 0.717) is 55.3 Å². The van der Waals surface area contributed by atoms with Crippen molar-refractivity contribution in [3.63, 3.8) is 0 Å². The summed E-state index contributed by atoms with van der Waals surface area (Å²) in [4.78, 5) is 33.9. The fourth-order valence-electron chi connectivity index (χ4n) is 4.80. The number of halogens is 1. The van der Waals surface area contributed by atoms with Crippen LogP contribution in [0.4, 0.5) is 4.39 Å². The van der Waals surface area contributed by atoms with Crippen molar-refractivity contribution < 1.29 is 18.7 Å². The molecule has 0 radical (unpaired) electrons. The molecule has 10 nitrogen and oxygen atoms in total. The van der Waals surface area contributed by atoms with Crippen LogP contribution in [-0.2, 0) is 20.7 Å². The molecule has 1 aliphatic carbocycles. The van der Waals surface area contributed by atoms with Gasteiger partial charge in [0.25, 0.3) is 0 Å². The fourth-order valence-corrected chi connectivity index (χ4v) is 4.80. The van der Waals surface area contributed by atoms with Gasteiger partial charge in [0.2, 0.25) is 5.91 Å². The SMILES string of the molecule is CC1=C(F)CC(=O)C([C@H]2CN3CCN(C(=O)Cc4ccc(-n5cnnn5)nc4)C[C@H]3CO2)=C1C. The van der Waals surface area contributed by atoms with Crippen LogP contribution in [0, 0.1) is 0 Å². The summed E-state index contributed by atoms with van der Waals surface area (Å²) in [6, 6.07) is 3.70. The second-order valence-electron chi connectivity index (χ2n) is 8.93. The van der Waals surface area contributed by atoms with E-state index in [1.807, 2.05) is 11.0 Å². The zero-order valence-corrected chi connectivity index (χ0v) is 19.1. The van der Waals surface area contributed by atoms with Crippen LogP contribution in [0.15, 0.2) is 47.2 Å². The molecule has 0 aromatic carbocycles. The number of allylic oxidation sites excluding steroid dienone is 3. The molecule has 0 bridgehead atoms. The highest BCUT2D eigenvalue weighted by molar-refractivity contribution is 6.00. The molecule has 178 valence electrons. The van der Waals surface area contributed by atoms with Crippen molar-refractivity contribution in [1.82, 2.24) is 35.0 Å². The Morgan fingerprint density at radius 3 is 2.79 bits per heavy atom. The third-order valence-electron chi connectivity index (χ3n) is 6.91. The topological polar surface area (TPSA) is 106 Å². The van der Waals surface area contributed by atoms with Gasteiger partial charge in [-0.05, 0) is 47.1 Å². The van der Waals surface area contributed by atoms with Gasteiger partial charge in [0.15, 0.2) is 11.6 Å². The van der Waals surface area contributed by atoms with E-state index in [1.54, 1.807) is 26.1 Å². The maximum Gasteiger partial charge on any atom is 0.227 e. The second-order valence-corrected chi connectivity index (χ2v) is 8.93. The molecule has 3 aliphatic rings. The Hall–Kier alpha value is -3.31. The number of morpholine rings is 1. The molecule has 2 aromatic rings. The molecule has 2 aromatic heterocycles. The van der Waals surface area contributed by atoms with E-state index in [-0.39, 0.29) is 42.5 Å². The van der Waals surface area contributed by atoms with E-state index in [4.69, 9.17) is 4.74 Å². The summed E-state index contributed by atoms with van der Waals surface area (Å²) in [5.41, 5.74) is 2.63. The fraction of sp³-hybridized carbons (Fsp3) is 0.478. The lowest BCUT2D eigenvalue weighted by atomic mass is 9.86. The number of piperazine rings is 1. The van der Waals surface area contributed by atoms with E-state index >= 15 is 0 Å². The summed E-state index contributed by atoms with van der Waals surface area (Å²) in [5.74, 6) is 0.0693. The number of tetrazole rings is 1. The van der Waals surface area contributed by atoms with Gasteiger partial charge in [0, 0.05) is 37.9 Å². The van der Waals surface area contributed by atoms with Crippen LogP contribution in [-0.4, -0.2) is 91.6 Å². The van der Waals surface area contributed by atoms with E-state index in [2.05, 4.69) is 25.4 Å². The van der Waals surface area contributed by atoms with Crippen LogP contribution < -0.4 is 0 Å². The Morgan fingerprint density at radius 2 is 2.06 bits per heavy atom. The molecule has 4 heterocycles. The van der Waals surface area contributed by atoms with Gasteiger partial charge >= 0.3 is 0 Å². The molecule has 0 spiro atoms. The van der Waals surface area contributed by atoms with Gasteiger partial charge in [-0.25, -0.2) is 9.37 Å². The van der Waals surface area contributed by atoms with Crippen molar-refractivity contribution in [2.45, 2.75) is 38.8 Å². The highest BCUT2D eigenvalue weighted by Gasteiger charge is 2.39. The van der Waals surface area contributed by atoms with Crippen LogP contribution in [0.2, 0.25) is 0 Å². The molecular weight excluding hydrogens is 441 g/mol. The third-order valence-corrected chi connectivity index (χ3v) is 6.91. The molecule has 2 saturated heterocycles. The number of hydrogen-bond acceptors (Lipinski definition) is 8. The molecule has 11 heteroatoms. The number of pyridine rings is 1. The van der Waals surface area contributed by atoms with Crippen molar-refractivity contribution in [2.24, 2.45) is 0 Å². The number of amides is 1. The largest absolute Gasteiger partial charge is 0.370 e. The first-order valence-electron chi connectivity index (χ1n) is 11.3. The summed E-state index contributed by atoms with van der Waals surface area (Å²) < 4.78 is 21.5. The molecule has 2 fully saturated rings. The van der Waals surface area contributed by atoms with Crippen molar-refractivity contribution in [3.05, 3.63) is 52.8 Å². The van der Waals surface area contributed by atoms with Crippen molar-refractivity contribution in [2.75, 3.05) is 32.8 Å². The average Bonchev–Trinajstić information content (AvgIpc) is 3.38. The number of ketones is 1. The summed E-state index contributed by atoms with van der Waals surface area (Å²) in [7, 11) is 0. The normalized spacial score (nSPS) is 24.0. The standard InChI is InChI=1S/C23H26FN7O3/c1-14-15(2)23(19(32)8-18(14)24)20-11-29-5-6-30(10-17(29)12-34-20)22(33)7-16-3-4-21(25-9-16)31-13-26-27-28-31/h3-4,9,13,17,20H,5-8,10-12H2,1-2H3/t17-,20+/m0/s1. The van der Waals surface area contributed by atoms with Gasteiger partial charge in [0.05, 0.1) is 31.6 Å². The molecular formula is C23H26FN7O3. The van der Waals surface area contributed by atoms with E-state index in [9.17, 15) is 14.0 Å². The Bertz CT molecular complexity index is 1160. The maximum atomic E-state index is 14.0. The third kappa shape index (κ3) is 4.28. The van der Waals surface area contributed by atoms with Crippen LogP contribution >= 0.6 is 0 Å². The van der Waals surface area contributed by atoms with Crippen molar-refractivity contribution in [1.29, 1.82) is 0 Å². The first kappa shape index (κ1) is 22.5. The Kier molecular flexibility index (Phi) is 6.05. The lowest BCUT2D eigenvalue weighted by molar-refractivity contribution is -0.138. The number of hydrogen-bond donors (Lipinski definition) is 0. The van der Waals surface area contributed by atoms with Crippen LogP contribution in [0.3, 0.4) is 0 Å². The van der Waals surface area contributed by atoms with E-state index < -0.39 is 0 Å². The second kappa shape index (κ2) is 9.15. The minimum absolute atomic E-state index is 0.0380. The minimum Gasteiger partial charge on any atom is -0.370 e. The Balaban J connectivity index is 1.19. The number of aromatic nitrogens is 5. The van der Waals surface area contributed by atoms with Gasteiger partial charge in [-0.1, -0.05) is 6.07 Å². The number of carbonyl (C=O) groups is 2. The predicted molar refractivity (Wildman–Crippen MR) is 118 cm³/mol. The summed E-state index contributed by atoms with van der Waals surface area (Å²) in [6.45, 7) is 6.38. The molecule has 0 unspecified atom stereocenters. The number of nitrogens with zero attached hydrogens (tertiary/aromatic N) is 7. The lowest BCUT2D eigenvalue weighted by Gasteiger charge is -2.46. The van der Waals surface area contributed by atoms with Crippen LogP contribution in [0.1, 0.15) is 25.8 Å². The lowest BCUT2D eigenvalue weighted by Crippen LogP contribution is -2.61. The van der Waals surface area contributed by atoms with Crippen LogP contribution in [0.5, 0.6) is 0 Å². The van der Waals surface area contributed by atoms with Crippen LogP contribution in [0.25, 0.3) is 5.82 Å². The predicted octanol–water partition coefficient (Wildman–Crippen LogP) is 1.04. The molecule has 34 heavy (non-hydrogen) atoms. The van der Waals surface area contributed by atoms with Crippen molar-refractivity contribution in [3.8, 4) is 5.82 Å². The zero-order valence-electron chi connectivity index (χ0n) is 19.1. The summed E-state index contributed by atoms with van der Waals surface area (Å²) in [6.07, 6.45) is 2.84. The number of ether oxygens (including phenoxy) is 1. The first-order chi connectivity index (χ1) is 16.4. The Labute approximate surface area is 196 Å². The quantitative estimate of drug-likeness (QED) is 0.657. The number of fused-ring (bicyclic) bond motifs is 1. The van der Waals surface area contributed by atoms with Gasteiger partial charge in [-0.15, -0.1) is 5.10 Å². The molecule has 0 saturated carbocycles. The first-order valence-corrected chi connectivity index (χ1v) is 11.3. The summed E-state index contributed by atoms with van der Waals surface area (Å²) >= 11 is 0. The Morgan fingerprint density at radius 1 is 1.21 bits per heavy atom. The maximum absolute atomic E-state index is 14.0. The van der Waals surface area contributed by atoms with Gasteiger partial charge < -0.3 is 9.64 Å². The zero-order chi connectivity index (χ0) is 23.8. The van der Waals surface area contributed by atoms with Gasteiger partial charge in [0.1, 0.15) is 12.2 Å². The molecule has 2 aliphatic heterocycles. The van der Waals surface area contributed by atoms with Gasteiger partial charge in [-0.2, -0.15) is 4.68 Å². The number of carbonyl (C=O) groups excluding carboxylic acids is 2.